The van der Waals surface area contributed by atoms with Crippen LogP contribution in [0.15, 0.2) is 46.9 Å². The normalized spacial score (nSPS) is 10.0. The molecule has 0 aliphatic carbocycles. The van der Waals surface area contributed by atoms with Crippen LogP contribution < -0.4 is 10.6 Å². The van der Waals surface area contributed by atoms with Gasteiger partial charge in [0.05, 0.1) is 5.56 Å². The maximum atomic E-state index is 13.6. The number of hydrogen-bond donors (Lipinski definition) is 2. The molecule has 2 N–H and O–H groups in total. The van der Waals surface area contributed by atoms with Gasteiger partial charge in [-0.3, -0.25) is 9.59 Å². The average Bonchev–Trinajstić information content (AvgIpc) is 2.61. The standard InChI is InChI=1S/C17H14BrFN2O4/c1-20-16(23)10-2-5-12(6-3-10)21-15(22)9-25-17(24)13-8-11(18)4-7-14(13)19/h2-8H,9H2,1H3,(H,20,23)(H,21,22). The minimum atomic E-state index is -0.941. The maximum Gasteiger partial charge on any atom is 0.341 e. The first-order valence-electron chi connectivity index (χ1n) is 7.15. The van der Waals surface area contributed by atoms with E-state index in [1.165, 1.54) is 43.4 Å². The quantitative estimate of drug-likeness (QED) is 0.744. The summed E-state index contributed by atoms with van der Waals surface area (Å²) in [5, 5.41) is 4.99. The topological polar surface area (TPSA) is 84.5 Å². The Balaban J connectivity index is 1.91. The number of rotatable bonds is 5. The van der Waals surface area contributed by atoms with Crippen LogP contribution in [0.1, 0.15) is 20.7 Å². The van der Waals surface area contributed by atoms with Gasteiger partial charge < -0.3 is 15.4 Å². The van der Waals surface area contributed by atoms with Crippen molar-refractivity contribution in [2.45, 2.75) is 0 Å². The Morgan fingerprint density at radius 3 is 2.44 bits per heavy atom. The number of ether oxygens (including phenoxy) is 1. The zero-order valence-electron chi connectivity index (χ0n) is 13.1. The molecule has 0 aromatic heterocycles. The second kappa shape index (κ2) is 8.39. The summed E-state index contributed by atoms with van der Waals surface area (Å²) in [5.41, 5.74) is 0.608. The zero-order chi connectivity index (χ0) is 18.4. The Kier molecular flexibility index (Phi) is 6.24. The van der Waals surface area contributed by atoms with E-state index in [9.17, 15) is 18.8 Å². The molecule has 8 heteroatoms. The predicted molar refractivity (Wildman–Crippen MR) is 92.8 cm³/mol. The summed E-state index contributed by atoms with van der Waals surface area (Å²) in [4.78, 5) is 35.0. The van der Waals surface area contributed by atoms with E-state index in [4.69, 9.17) is 4.74 Å². The summed E-state index contributed by atoms with van der Waals surface area (Å²) in [7, 11) is 1.51. The fourth-order valence-corrected chi connectivity index (χ4v) is 2.27. The van der Waals surface area contributed by atoms with Gasteiger partial charge in [0.1, 0.15) is 5.82 Å². The van der Waals surface area contributed by atoms with Crippen LogP contribution in [-0.2, 0) is 9.53 Å². The van der Waals surface area contributed by atoms with Crippen LogP contribution >= 0.6 is 15.9 Å². The molecule has 0 unspecified atom stereocenters. The smallest absolute Gasteiger partial charge is 0.341 e. The number of hydrogen-bond acceptors (Lipinski definition) is 4. The summed E-state index contributed by atoms with van der Waals surface area (Å²) in [6, 6.07) is 9.99. The van der Waals surface area contributed by atoms with Crippen molar-refractivity contribution in [3.63, 3.8) is 0 Å². The highest BCUT2D eigenvalue weighted by Crippen LogP contribution is 2.16. The fourth-order valence-electron chi connectivity index (χ4n) is 1.91. The average molecular weight is 409 g/mol. The third kappa shape index (κ3) is 5.12. The highest BCUT2D eigenvalue weighted by molar-refractivity contribution is 9.10. The van der Waals surface area contributed by atoms with Crippen LogP contribution in [0, 0.1) is 5.82 Å². The molecule has 25 heavy (non-hydrogen) atoms. The molecule has 0 aliphatic heterocycles. The number of nitrogens with one attached hydrogen (secondary N) is 2. The number of halogens is 2. The van der Waals surface area contributed by atoms with E-state index in [-0.39, 0.29) is 11.5 Å². The maximum absolute atomic E-state index is 13.6. The zero-order valence-corrected chi connectivity index (χ0v) is 14.7. The summed E-state index contributed by atoms with van der Waals surface area (Å²) >= 11 is 3.13. The van der Waals surface area contributed by atoms with Crippen molar-refractivity contribution in [2.75, 3.05) is 19.0 Å². The lowest BCUT2D eigenvalue weighted by Gasteiger charge is -2.08. The largest absolute Gasteiger partial charge is 0.452 e. The van der Waals surface area contributed by atoms with Crippen molar-refractivity contribution in [3.05, 3.63) is 63.9 Å². The van der Waals surface area contributed by atoms with E-state index < -0.39 is 24.3 Å². The molecule has 0 radical (unpaired) electrons. The van der Waals surface area contributed by atoms with Gasteiger partial charge in [-0.1, -0.05) is 15.9 Å². The highest BCUT2D eigenvalue weighted by Gasteiger charge is 2.15. The summed E-state index contributed by atoms with van der Waals surface area (Å²) in [6.45, 7) is -0.567. The van der Waals surface area contributed by atoms with Gasteiger partial charge >= 0.3 is 5.97 Å². The van der Waals surface area contributed by atoms with Crippen LogP contribution in [0.3, 0.4) is 0 Å². The molecule has 0 atom stereocenters. The highest BCUT2D eigenvalue weighted by atomic mass is 79.9. The predicted octanol–water partition coefficient (Wildman–Crippen LogP) is 2.74. The Bertz CT molecular complexity index is 809. The van der Waals surface area contributed by atoms with E-state index in [1.54, 1.807) is 0 Å². The van der Waals surface area contributed by atoms with E-state index in [0.29, 0.717) is 15.7 Å². The van der Waals surface area contributed by atoms with Gasteiger partial charge in [-0.25, -0.2) is 9.18 Å². The van der Waals surface area contributed by atoms with Crippen molar-refractivity contribution in [1.82, 2.24) is 5.32 Å². The number of anilines is 1. The molecule has 2 rings (SSSR count). The molecule has 2 aromatic carbocycles. The summed E-state index contributed by atoms with van der Waals surface area (Å²) in [6.07, 6.45) is 0. The molecule has 6 nitrogen and oxygen atoms in total. The van der Waals surface area contributed by atoms with E-state index in [2.05, 4.69) is 26.6 Å². The second-order valence-electron chi connectivity index (χ2n) is 4.90. The molecule has 0 spiro atoms. The number of amides is 2. The van der Waals surface area contributed by atoms with E-state index in [0.717, 1.165) is 6.07 Å². The lowest BCUT2D eigenvalue weighted by molar-refractivity contribution is -0.119. The van der Waals surface area contributed by atoms with Crippen molar-refractivity contribution < 1.29 is 23.5 Å². The molecule has 2 aromatic rings. The minimum Gasteiger partial charge on any atom is -0.452 e. The molecule has 0 saturated carbocycles. The molecular weight excluding hydrogens is 395 g/mol. The number of esters is 1. The number of carbonyl (C=O) groups excluding carboxylic acids is 3. The van der Waals surface area contributed by atoms with Gasteiger partial charge in [-0.15, -0.1) is 0 Å². The SMILES string of the molecule is CNC(=O)c1ccc(NC(=O)COC(=O)c2cc(Br)ccc2F)cc1. The molecule has 0 aliphatic rings. The van der Waals surface area contributed by atoms with Gasteiger partial charge in [0.2, 0.25) is 0 Å². The lowest BCUT2D eigenvalue weighted by Crippen LogP contribution is -2.21. The molecule has 0 bridgehead atoms. The van der Waals surface area contributed by atoms with Crippen molar-refractivity contribution in [2.24, 2.45) is 0 Å². The Morgan fingerprint density at radius 2 is 1.80 bits per heavy atom. The molecule has 2 amide bonds. The lowest BCUT2D eigenvalue weighted by atomic mass is 10.2. The molecule has 0 saturated heterocycles. The first-order valence-corrected chi connectivity index (χ1v) is 7.94. The molecule has 0 fully saturated rings. The molecule has 130 valence electrons. The third-order valence-corrected chi connectivity index (χ3v) is 3.63. The second-order valence-corrected chi connectivity index (χ2v) is 5.82. The van der Waals surface area contributed by atoms with Gasteiger partial charge in [0.15, 0.2) is 6.61 Å². The van der Waals surface area contributed by atoms with Crippen LogP contribution in [0.4, 0.5) is 10.1 Å². The fraction of sp³-hybridized carbons (Fsp3) is 0.118. The van der Waals surface area contributed by atoms with Gasteiger partial charge in [-0.2, -0.15) is 0 Å². The summed E-state index contributed by atoms with van der Waals surface area (Å²) in [5.74, 6) is -2.51. The summed E-state index contributed by atoms with van der Waals surface area (Å²) < 4.78 is 18.9. The van der Waals surface area contributed by atoms with Gasteiger partial charge in [0.25, 0.3) is 11.8 Å². The molecular formula is C17H14BrFN2O4. The third-order valence-electron chi connectivity index (χ3n) is 3.14. The first-order chi connectivity index (χ1) is 11.9. The van der Waals surface area contributed by atoms with Crippen molar-refractivity contribution >= 4 is 39.4 Å². The number of carbonyl (C=O) groups is 3. The van der Waals surface area contributed by atoms with Crippen LogP contribution in [0.2, 0.25) is 0 Å². The van der Waals surface area contributed by atoms with Gasteiger partial charge in [-0.05, 0) is 42.5 Å². The van der Waals surface area contributed by atoms with E-state index in [1.807, 2.05) is 0 Å². The van der Waals surface area contributed by atoms with Crippen LogP contribution in [0.25, 0.3) is 0 Å². The molecule has 0 heterocycles. The Hall–Kier alpha value is -2.74. The first kappa shape index (κ1) is 18.6. The van der Waals surface area contributed by atoms with Crippen molar-refractivity contribution in [1.29, 1.82) is 0 Å². The number of benzene rings is 2. The van der Waals surface area contributed by atoms with Gasteiger partial charge in [0, 0.05) is 22.8 Å². The van der Waals surface area contributed by atoms with Crippen LogP contribution in [0.5, 0.6) is 0 Å². The minimum absolute atomic E-state index is 0.247. The van der Waals surface area contributed by atoms with Crippen LogP contribution in [-0.4, -0.2) is 31.4 Å². The Morgan fingerprint density at radius 1 is 1.12 bits per heavy atom. The Labute approximate surface area is 151 Å². The van der Waals surface area contributed by atoms with E-state index >= 15 is 0 Å². The van der Waals surface area contributed by atoms with Crippen molar-refractivity contribution in [3.8, 4) is 0 Å². The monoisotopic (exact) mass is 408 g/mol.